The number of amides is 2. The van der Waals surface area contributed by atoms with Gasteiger partial charge in [0, 0.05) is 99.4 Å². The number of hydrogen-bond donors (Lipinski definition) is 6. The zero-order chi connectivity index (χ0) is 75.3. The van der Waals surface area contributed by atoms with Gasteiger partial charge in [-0.2, -0.15) is 15.5 Å². The maximum absolute atomic E-state index is 13.2. The second-order valence-electron chi connectivity index (χ2n) is 26.1. The molecule has 1 saturated heterocycles. The number of morpholine rings is 1. The van der Waals surface area contributed by atoms with E-state index in [1.54, 1.807) is 47.1 Å². The molecule has 9 N–H and O–H groups in total. The molecule has 0 aliphatic carbocycles. The highest BCUT2D eigenvalue weighted by Crippen LogP contribution is 2.33. The molecule has 9 heterocycles. The van der Waals surface area contributed by atoms with E-state index in [-0.39, 0.29) is 63.4 Å². The van der Waals surface area contributed by atoms with Crippen molar-refractivity contribution in [3.8, 4) is 23.2 Å². The maximum atomic E-state index is 13.2. The third kappa shape index (κ3) is 28.8. The van der Waals surface area contributed by atoms with Crippen LogP contribution in [-0.4, -0.2) is 115 Å². The number of ether oxygens (including phenoxy) is 2. The van der Waals surface area contributed by atoms with E-state index in [4.69, 9.17) is 48.7 Å². The number of nitrogens with zero attached hydrogens (tertiary/aromatic N) is 14. The number of aryl methyl sites for hydroxylation is 5. The zero-order valence-corrected chi connectivity index (χ0v) is 62.1. The van der Waals surface area contributed by atoms with Crippen molar-refractivity contribution >= 4 is 86.7 Å². The second-order valence-corrected chi connectivity index (χ2v) is 26.5. The Bertz CT molecular complexity index is 4260. The molecular weight excluding hydrogens is 1360 g/mol. The summed E-state index contributed by atoms with van der Waals surface area (Å²) in [5.74, 6) is 7.12. The molecule has 0 bridgehead atoms. The molecule has 546 valence electrons. The highest BCUT2D eigenvalue weighted by molar-refractivity contribution is 6.29. The lowest BCUT2D eigenvalue weighted by molar-refractivity contribution is -0.385. The highest BCUT2D eigenvalue weighted by atomic mass is 35.5. The number of Topliss-reactive ketones (excluding diaryl/α,β-unsaturated/α-hetero) is 1. The van der Waals surface area contributed by atoms with E-state index < -0.39 is 9.85 Å². The van der Waals surface area contributed by atoms with Crippen molar-refractivity contribution in [3.05, 3.63) is 224 Å². The summed E-state index contributed by atoms with van der Waals surface area (Å²) in [6.07, 6.45) is 9.26. The zero-order valence-electron chi connectivity index (χ0n) is 60.5. The second kappa shape index (κ2) is 40.4. The van der Waals surface area contributed by atoms with Crippen LogP contribution in [0.25, 0.3) is 22.1 Å². The van der Waals surface area contributed by atoms with Crippen molar-refractivity contribution in [2.24, 2.45) is 11.3 Å². The first-order valence-electron chi connectivity index (χ1n) is 32.3. The smallest absolute Gasteiger partial charge is 0.324 e. The molecule has 8 aromatic heterocycles. The van der Waals surface area contributed by atoms with Gasteiger partial charge in [0.25, 0.3) is 11.4 Å². The van der Waals surface area contributed by atoms with E-state index >= 15 is 0 Å². The molecule has 0 unspecified atom stereocenters. The molecular formula is C73H92Cl2N20O8. The quantitative estimate of drug-likeness (QED) is 0.0286. The third-order valence-electron chi connectivity index (χ3n) is 14.5. The van der Waals surface area contributed by atoms with Gasteiger partial charge >= 0.3 is 6.03 Å². The summed E-state index contributed by atoms with van der Waals surface area (Å²) in [6.45, 7) is 32.4. The van der Waals surface area contributed by atoms with E-state index in [1.165, 1.54) is 24.4 Å². The van der Waals surface area contributed by atoms with E-state index in [2.05, 4.69) is 97.5 Å². The number of benzene rings is 2. The van der Waals surface area contributed by atoms with Gasteiger partial charge in [0.2, 0.25) is 0 Å². The molecule has 28 nitrogen and oxygen atoms in total. The number of nitro groups is 2. The standard InChI is InChI=1S/C30H36N6O3.C13H18N4.C7H11NO.C6H9N3.C6H6N2O2.C6H8N2.C5H3ClN2O2.ClH/c1-21-9-10-22(20-31-21)36-28(19-27(34-36)30(2,3)4)33-29(37)32-25-11-12-26(24-8-6-5-7-23(24)25)39-18-15-35-13-16-38-17-14-35;1-9-5-6-10(8-15-9)17-12(14)7-11(16-17)13(2,3)4;1-7(2,3)6(9)4-5-8;1-5-2-3-6(9-7)4-8-5;1-5-2-3-6(4-7-5)8(9)10;1-5-2-3-6(7)4-8-5;6-5-2-1-4(3-7-5)8(9)10;/h5-12,19-20H,13-18H2,1-4H3,(H2,32,33,37);5-8H,14H2,1-4H3;4H2,1-3H3;2-4,9H,7H2,1H3;2-4H,1H3;2-4H,7H2,1H3;1-3H;1H. The SMILES string of the molecule is CC(C)(C)C(=O)CC#N.Cc1ccc(-n2nc(C(C)(C)C)cc2N)cn1.Cc1ccc(-n2nc(C(C)(C)C)cc2NC(=O)Nc2ccc(OCCN3CCOCC3)c3ccccc23)cn1.Cc1ccc(N)cn1.Cc1ccc(NN)cn1.Cc1ccc([N+](=O)[O-])cn1.Cl.O=[N+]([O-])c1ccc(Cl)nc1. The fourth-order valence-electron chi connectivity index (χ4n) is 8.47. The van der Waals surface area contributed by atoms with Crippen LogP contribution in [0.1, 0.15) is 109 Å². The number of urea groups is 1. The number of hydrogen-bond acceptors (Lipinski definition) is 22. The largest absolute Gasteiger partial charge is 0.492 e. The number of nitrogen functional groups attached to an aromatic ring is 3. The average Bonchev–Trinajstić information content (AvgIpc) is 0.892. The Hall–Kier alpha value is -11.1. The minimum Gasteiger partial charge on any atom is -0.492 e. The Kier molecular flexibility index (Phi) is 33.1. The Labute approximate surface area is 611 Å². The van der Waals surface area contributed by atoms with Gasteiger partial charge in [-0.1, -0.05) is 98.2 Å². The van der Waals surface area contributed by atoms with Crippen molar-refractivity contribution in [2.45, 2.75) is 114 Å². The van der Waals surface area contributed by atoms with Gasteiger partial charge in [-0.25, -0.2) is 19.1 Å². The molecule has 11 rings (SSSR count). The van der Waals surface area contributed by atoms with Gasteiger partial charge in [-0.3, -0.25) is 66.0 Å². The van der Waals surface area contributed by atoms with Crippen LogP contribution < -0.4 is 38.1 Å². The van der Waals surface area contributed by atoms with Gasteiger partial charge in [-0.05, 0) is 107 Å². The summed E-state index contributed by atoms with van der Waals surface area (Å²) in [5.41, 5.74) is 23.7. The van der Waals surface area contributed by atoms with Gasteiger partial charge in [0.05, 0.1) is 100 Å². The predicted molar refractivity (Wildman–Crippen MR) is 407 cm³/mol. The Morgan fingerprint density at radius 3 is 1.55 bits per heavy atom. The minimum atomic E-state index is -0.524. The lowest BCUT2D eigenvalue weighted by Crippen LogP contribution is -2.38. The molecule has 2 aromatic carbocycles. The number of anilines is 5. The molecule has 0 spiro atoms. The summed E-state index contributed by atoms with van der Waals surface area (Å²) in [7, 11) is 0. The van der Waals surface area contributed by atoms with Crippen LogP contribution in [0, 0.1) is 71.6 Å². The summed E-state index contributed by atoms with van der Waals surface area (Å²) < 4.78 is 15.0. The van der Waals surface area contributed by atoms with Crippen LogP contribution in [0.5, 0.6) is 5.75 Å². The number of nitrogens with two attached hydrogens (primary N) is 3. The van der Waals surface area contributed by atoms with Crippen LogP contribution in [0.4, 0.5) is 44.9 Å². The molecule has 30 heteroatoms. The predicted octanol–water partition coefficient (Wildman–Crippen LogP) is 14.4. The van der Waals surface area contributed by atoms with E-state index in [9.17, 15) is 29.8 Å². The molecule has 0 saturated carbocycles. The topological polar surface area (TPSA) is 393 Å². The van der Waals surface area contributed by atoms with Crippen molar-refractivity contribution in [1.82, 2.24) is 54.4 Å². The number of rotatable bonds is 12. The van der Waals surface area contributed by atoms with Gasteiger partial charge in [0.1, 0.15) is 41.5 Å². The van der Waals surface area contributed by atoms with Gasteiger partial charge in [0.15, 0.2) is 5.78 Å². The maximum Gasteiger partial charge on any atom is 0.324 e. The average molecular weight is 1450 g/mol. The molecule has 2 amide bonds. The molecule has 1 aliphatic rings. The van der Waals surface area contributed by atoms with Crippen LogP contribution >= 0.6 is 24.0 Å². The fourth-order valence-corrected chi connectivity index (χ4v) is 8.58. The lowest BCUT2D eigenvalue weighted by atomic mass is 9.89. The Morgan fingerprint density at radius 2 is 1.12 bits per heavy atom. The fraction of sp³-hybridized carbons (Fsp3) is 0.329. The summed E-state index contributed by atoms with van der Waals surface area (Å²) in [4.78, 5) is 69.4. The first kappa shape index (κ1) is 84.3. The minimum absolute atomic E-state index is 0. The normalized spacial score (nSPS) is 11.6. The monoisotopic (exact) mass is 1450 g/mol. The summed E-state index contributed by atoms with van der Waals surface area (Å²) >= 11 is 5.38. The number of carbonyl (C=O) groups excluding carboxylic acids is 2. The molecule has 1 aliphatic heterocycles. The van der Waals surface area contributed by atoms with Crippen molar-refractivity contribution in [3.63, 3.8) is 0 Å². The number of carbonyl (C=O) groups is 2. The van der Waals surface area contributed by atoms with Crippen LogP contribution in [0.3, 0.4) is 0 Å². The Balaban J connectivity index is 0.000000289. The lowest BCUT2D eigenvalue weighted by Gasteiger charge is -2.26. The van der Waals surface area contributed by atoms with Crippen molar-refractivity contribution < 1.29 is 28.9 Å². The number of nitrogens with one attached hydrogen (secondary N) is 3. The number of halogens is 2. The molecule has 0 radical (unpaired) electrons. The molecule has 1 fully saturated rings. The third-order valence-corrected chi connectivity index (χ3v) is 14.7. The van der Waals surface area contributed by atoms with E-state index in [0.717, 1.165) is 118 Å². The Morgan fingerprint density at radius 1 is 0.621 bits per heavy atom. The highest BCUT2D eigenvalue weighted by Gasteiger charge is 2.24. The summed E-state index contributed by atoms with van der Waals surface area (Å²) in [5, 5.41) is 45.7. The first-order valence-corrected chi connectivity index (χ1v) is 32.7. The van der Waals surface area contributed by atoms with Crippen LogP contribution in [0.2, 0.25) is 5.15 Å². The first-order chi connectivity index (χ1) is 48.1. The van der Waals surface area contributed by atoms with Gasteiger partial charge < -0.3 is 31.7 Å². The van der Waals surface area contributed by atoms with Crippen molar-refractivity contribution in [2.75, 3.05) is 67.0 Å². The molecule has 10 aromatic rings. The number of nitriles is 1. The number of aromatic nitrogens is 10. The van der Waals surface area contributed by atoms with Gasteiger partial charge in [-0.15, -0.1) is 12.4 Å². The molecule has 0 atom stereocenters. The van der Waals surface area contributed by atoms with E-state index in [0.29, 0.717) is 23.9 Å². The summed E-state index contributed by atoms with van der Waals surface area (Å²) in [6, 6.07) is 38.0. The number of pyridine rings is 6. The van der Waals surface area contributed by atoms with Crippen LogP contribution in [-0.2, 0) is 20.4 Å². The van der Waals surface area contributed by atoms with E-state index in [1.807, 2.05) is 152 Å². The van der Waals surface area contributed by atoms with Crippen LogP contribution in [0.15, 0.2) is 159 Å². The number of ketones is 1. The number of hydrazine groups is 1. The number of fused-ring (bicyclic) bond motifs is 1. The molecule has 103 heavy (non-hydrogen) atoms. The van der Waals surface area contributed by atoms with Crippen molar-refractivity contribution in [1.29, 1.82) is 5.26 Å².